The van der Waals surface area contributed by atoms with E-state index in [2.05, 4.69) is 33.1 Å². The molecule has 1 aliphatic rings. The molecule has 1 aliphatic heterocycles. The van der Waals surface area contributed by atoms with Gasteiger partial charge in [0.2, 0.25) is 0 Å². The zero-order valence-corrected chi connectivity index (χ0v) is 14.1. The maximum atomic E-state index is 13.0. The second-order valence-corrected chi connectivity index (χ2v) is 6.02. The van der Waals surface area contributed by atoms with Crippen LogP contribution in [0.4, 0.5) is 4.39 Å². The van der Waals surface area contributed by atoms with Crippen molar-refractivity contribution >= 4 is 21.8 Å². The highest BCUT2D eigenvalue weighted by molar-refractivity contribution is 9.10. The van der Waals surface area contributed by atoms with Crippen molar-refractivity contribution in [3.8, 4) is 5.75 Å². The first-order chi connectivity index (χ1) is 10.6. The summed E-state index contributed by atoms with van der Waals surface area (Å²) >= 11 is 3.20. The zero-order chi connectivity index (χ0) is 15.9. The molecule has 1 atom stereocenters. The molecule has 1 aromatic rings. The van der Waals surface area contributed by atoms with E-state index in [0.717, 1.165) is 26.3 Å². The number of rotatable bonds is 6. The molecule has 1 unspecified atom stereocenters. The number of carbonyl (C=O) groups excluding carboxylic acids is 1. The minimum Gasteiger partial charge on any atom is -0.483 e. The Kier molecular flexibility index (Phi) is 6.60. The molecule has 1 fully saturated rings. The minimum absolute atomic E-state index is 0.0972. The average molecular weight is 375 g/mol. The Morgan fingerprint density at radius 3 is 2.91 bits per heavy atom. The van der Waals surface area contributed by atoms with Gasteiger partial charge >= 0.3 is 0 Å². The smallest absolute Gasteiger partial charge is 0.257 e. The second-order valence-electron chi connectivity index (χ2n) is 5.16. The Labute approximate surface area is 137 Å². The third-order valence-corrected chi connectivity index (χ3v) is 4.14. The minimum atomic E-state index is -0.358. The Morgan fingerprint density at radius 1 is 1.50 bits per heavy atom. The van der Waals surface area contributed by atoms with Gasteiger partial charge in [0.1, 0.15) is 11.6 Å². The summed E-state index contributed by atoms with van der Waals surface area (Å²) in [4.78, 5) is 14.1. The highest BCUT2D eigenvalue weighted by atomic mass is 79.9. The molecule has 1 aromatic carbocycles. The van der Waals surface area contributed by atoms with Gasteiger partial charge < -0.3 is 14.8 Å². The Morgan fingerprint density at radius 2 is 2.23 bits per heavy atom. The molecule has 7 heteroatoms. The monoisotopic (exact) mass is 374 g/mol. The zero-order valence-electron chi connectivity index (χ0n) is 12.5. The highest BCUT2D eigenvalue weighted by Gasteiger charge is 2.17. The lowest BCUT2D eigenvalue weighted by atomic mass is 10.2. The molecule has 1 saturated heterocycles. The first-order valence-electron chi connectivity index (χ1n) is 7.22. The van der Waals surface area contributed by atoms with Crippen molar-refractivity contribution in [1.29, 1.82) is 0 Å². The van der Waals surface area contributed by atoms with Crippen LogP contribution in [0, 0.1) is 5.82 Å². The molecule has 0 aliphatic carbocycles. The third kappa shape index (κ3) is 5.23. The van der Waals surface area contributed by atoms with Crippen LogP contribution in [0.1, 0.15) is 6.92 Å². The lowest BCUT2D eigenvalue weighted by Crippen LogP contribution is -2.47. The van der Waals surface area contributed by atoms with E-state index in [9.17, 15) is 9.18 Å². The molecule has 0 radical (unpaired) electrons. The first-order valence-corrected chi connectivity index (χ1v) is 8.02. The summed E-state index contributed by atoms with van der Waals surface area (Å²) in [6, 6.07) is 4.33. The molecule has 1 N–H and O–H groups in total. The van der Waals surface area contributed by atoms with Gasteiger partial charge in [0.15, 0.2) is 6.61 Å². The lowest BCUT2D eigenvalue weighted by molar-refractivity contribution is -0.123. The molecule has 2 rings (SSSR count). The van der Waals surface area contributed by atoms with E-state index in [1.807, 2.05) is 0 Å². The third-order valence-electron chi connectivity index (χ3n) is 3.52. The average Bonchev–Trinajstić information content (AvgIpc) is 2.52. The molecule has 22 heavy (non-hydrogen) atoms. The molecule has 122 valence electrons. The summed E-state index contributed by atoms with van der Waals surface area (Å²) in [6.45, 7) is 5.78. The number of halogens is 2. The van der Waals surface area contributed by atoms with E-state index >= 15 is 0 Å². The van der Waals surface area contributed by atoms with Gasteiger partial charge in [-0.3, -0.25) is 9.69 Å². The number of hydrogen-bond donors (Lipinski definition) is 1. The normalized spacial score (nSPS) is 17.0. The highest BCUT2D eigenvalue weighted by Crippen LogP contribution is 2.25. The van der Waals surface area contributed by atoms with Crippen molar-refractivity contribution in [1.82, 2.24) is 10.2 Å². The molecular weight excluding hydrogens is 355 g/mol. The maximum Gasteiger partial charge on any atom is 0.257 e. The largest absolute Gasteiger partial charge is 0.483 e. The summed E-state index contributed by atoms with van der Waals surface area (Å²) in [7, 11) is 0. The van der Waals surface area contributed by atoms with Crippen molar-refractivity contribution < 1.29 is 18.7 Å². The molecule has 1 heterocycles. The van der Waals surface area contributed by atoms with Gasteiger partial charge in [-0.2, -0.15) is 0 Å². The fraction of sp³-hybridized carbons (Fsp3) is 0.533. The molecule has 0 spiro atoms. The van der Waals surface area contributed by atoms with Gasteiger partial charge in [-0.15, -0.1) is 0 Å². The van der Waals surface area contributed by atoms with E-state index in [1.54, 1.807) is 0 Å². The van der Waals surface area contributed by atoms with Gasteiger partial charge in [0.05, 0.1) is 17.7 Å². The second kappa shape index (κ2) is 8.45. The number of amides is 1. The van der Waals surface area contributed by atoms with Gasteiger partial charge in [-0.05, 0) is 41.1 Å². The van der Waals surface area contributed by atoms with E-state index in [0.29, 0.717) is 16.8 Å². The summed E-state index contributed by atoms with van der Waals surface area (Å²) < 4.78 is 24.1. The van der Waals surface area contributed by atoms with Crippen LogP contribution in [-0.2, 0) is 9.53 Å². The molecule has 1 amide bonds. The first kappa shape index (κ1) is 17.2. The van der Waals surface area contributed by atoms with Crippen molar-refractivity contribution in [3.05, 3.63) is 28.5 Å². The number of benzene rings is 1. The number of carbonyl (C=O) groups is 1. The van der Waals surface area contributed by atoms with Crippen molar-refractivity contribution in [2.45, 2.75) is 13.0 Å². The van der Waals surface area contributed by atoms with Gasteiger partial charge in [-0.25, -0.2) is 4.39 Å². The van der Waals surface area contributed by atoms with E-state index in [-0.39, 0.29) is 24.4 Å². The number of morpholine rings is 1. The van der Waals surface area contributed by atoms with Crippen molar-refractivity contribution in [2.24, 2.45) is 0 Å². The fourth-order valence-electron chi connectivity index (χ4n) is 2.20. The number of ether oxygens (including phenoxy) is 2. The van der Waals surface area contributed by atoms with Crippen molar-refractivity contribution in [2.75, 3.05) is 39.5 Å². The van der Waals surface area contributed by atoms with Crippen molar-refractivity contribution in [3.63, 3.8) is 0 Å². The van der Waals surface area contributed by atoms with E-state index in [1.165, 1.54) is 18.2 Å². The van der Waals surface area contributed by atoms with Crippen LogP contribution in [0.25, 0.3) is 0 Å². The van der Waals surface area contributed by atoms with Crippen LogP contribution in [0.2, 0.25) is 0 Å². The SMILES string of the molecule is CC(CNC(=O)COc1ccc(F)cc1Br)N1CCOCC1. The van der Waals surface area contributed by atoms with Crippen LogP contribution >= 0.6 is 15.9 Å². The Balaban J connectivity index is 1.71. The van der Waals surface area contributed by atoms with Gasteiger partial charge in [0.25, 0.3) is 5.91 Å². The van der Waals surface area contributed by atoms with E-state index in [4.69, 9.17) is 9.47 Å². The van der Waals surface area contributed by atoms with Crippen LogP contribution in [-0.4, -0.2) is 56.3 Å². The topological polar surface area (TPSA) is 50.8 Å². The summed E-state index contributed by atoms with van der Waals surface area (Å²) in [5.41, 5.74) is 0. The van der Waals surface area contributed by atoms with E-state index < -0.39 is 0 Å². The molecule has 0 saturated carbocycles. The number of nitrogens with one attached hydrogen (secondary N) is 1. The fourth-order valence-corrected chi connectivity index (χ4v) is 2.66. The Bertz CT molecular complexity index is 510. The van der Waals surface area contributed by atoms with Crippen LogP contribution in [0.5, 0.6) is 5.75 Å². The van der Waals surface area contributed by atoms with Crippen LogP contribution < -0.4 is 10.1 Å². The predicted molar refractivity (Wildman–Crippen MR) is 84.5 cm³/mol. The Hall–Kier alpha value is -1.18. The standard InChI is InChI=1S/C15H20BrFN2O3/c1-11(19-4-6-21-7-5-19)9-18-15(20)10-22-14-3-2-12(17)8-13(14)16/h2-3,8,11H,4-7,9-10H2,1H3,(H,18,20). The maximum absolute atomic E-state index is 13.0. The van der Waals surface area contributed by atoms with Crippen LogP contribution in [0.15, 0.2) is 22.7 Å². The van der Waals surface area contributed by atoms with Crippen LogP contribution in [0.3, 0.4) is 0 Å². The number of nitrogens with zero attached hydrogens (tertiary/aromatic N) is 1. The summed E-state index contributed by atoms with van der Waals surface area (Å²) in [5, 5.41) is 2.85. The molecule has 0 bridgehead atoms. The lowest BCUT2D eigenvalue weighted by Gasteiger charge is -2.32. The van der Waals surface area contributed by atoms with Gasteiger partial charge in [0, 0.05) is 25.7 Å². The predicted octanol–water partition coefficient (Wildman–Crippen LogP) is 1.80. The summed E-state index contributed by atoms with van der Waals surface area (Å²) in [6.07, 6.45) is 0. The van der Waals surface area contributed by atoms with Gasteiger partial charge in [-0.1, -0.05) is 0 Å². The summed E-state index contributed by atoms with van der Waals surface area (Å²) in [5.74, 6) is -0.114. The molecule has 0 aromatic heterocycles. The molecule has 5 nitrogen and oxygen atoms in total. The molecular formula is C15H20BrFN2O3. The number of hydrogen-bond acceptors (Lipinski definition) is 4. The quantitative estimate of drug-likeness (QED) is 0.824.